The van der Waals surface area contributed by atoms with Crippen molar-refractivity contribution in [3.8, 4) is 0 Å². The van der Waals surface area contributed by atoms with E-state index in [0.717, 1.165) is 38.5 Å². The summed E-state index contributed by atoms with van der Waals surface area (Å²) in [6.07, 6.45) is 15.5. The van der Waals surface area contributed by atoms with Gasteiger partial charge in [-0.3, -0.25) is 9.97 Å². The van der Waals surface area contributed by atoms with Crippen molar-refractivity contribution in [2.45, 2.75) is 75.8 Å². The van der Waals surface area contributed by atoms with Gasteiger partial charge in [0.1, 0.15) is 4.90 Å². The van der Waals surface area contributed by atoms with Crippen molar-refractivity contribution in [1.82, 2.24) is 14.7 Å². The molecule has 0 bridgehead atoms. The predicted molar refractivity (Wildman–Crippen MR) is 139 cm³/mol. The van der Waals surface area contributed by atoms with Gasteiger partial charge in [-0.1, -0.05) is 26.0 Å². The third-order valence-corrected chi connectivity index (χ3v) is 12.0. The fraction of sp³-hybridized carbons (Fsp3) is 0.586. The molecule has 2 heterocycles. The fourth-order valence-electron chi connectivity index (χ4n) is 8.76. The minimum atomic E-state index is -3.70. The van der Waals surface area contributed by atoms with E-state index in [0.29, 0.717) is 24.2 Å². The molecule has 2 aromatic rings. The van der Waals surface area contributed by atoms with Crippen molar-refractivity contribution in [2.24, 2.45) is 34.5 Å². The highest BCUT2D eigenvalue weighted by atomic mass is 32.2. The number of fused-ring (bicyclic) bond motifs is 5. The maximum absolute atomic E-state index is 13.4. The molecule has 3 fully saturated rings. The molecular formula is C29H37N3O3S. The first kappa shape index (κ1) is 24.3. The molecule has 6 rings (SSSR count). The van der Waals surface area contributed by atoms with Crippen LogP contribution in [0, 0.1) is 34.5 Å². The predicted octanol–water partition coefficient (Wildman–Crippen LogP) is 4.83. The van der Waals surface area contributed by atoms with Gasteiger partial charge in [0.2, 0.25) is 10.0 Å². The van der Waals surface area contributed by atoms with Crippen LogP contribution in [0.4, 0.5) is 0 Å². The zero-order valence-electron chi connectivity index (χ0n) is 21.2. The highest BCUT2D eigenvalue weighted by Crippen LogP contribution is 2.67. The Morgan fingerprint density at radius 3 is 2.47 bits per heavy atom. The number of aliphatic hydroxyl groups is 1. The number of hydrogen-bond donors (Lipinski definition) is 2. The van der Waals surface area contributed by atoms with Gasteiger partial charge in [0.05, 0.1) is 6.10 Å². The summed E-state index contributed by atoms with van der Waals surface area (Å²) >= 11 is 0. The summed E-state index contributed by atoms with van der Waals surface area (Å²) in [5.41, 5.74) is 2.73. The first-order valence-electron chi connectivity index (χ1n) is 13.4. The Labute approximate surface area is 214 Å². The molecule has 6 nitrogen and oxygen atoms in total. The van der Waals surface area contributed by atoms with E-state index in [2.05, 4.69) is 40.7 Å². The second kappa shape index (κ2) is 8.74. The molecule has 2 N–H and O–H groups in total. The Kier molecular flexibility index (Phi) is 5.89. The van der Waals surface area contributed by atoms with Crippen LogP contribution < -0.4 is 4.72 Å². The van der Waals surface area contributed by atoms with Crippen LogP contribution in [0.15, 0.2) is 60.0 Å². The molecule has 192 valence electrons. The zero-order chi connectivity index (χ0) is 25.1. The first-order chi connectivity index (χ1) is 17.2. The van der Waals surface area contributed by atoms with E-state index in [9.17, 15) is 13.5 Å². The molecule has 0 unspecified atom stereocenters. The normalized spacial score (nSPS) is 40.0. The smallest absolute Gasteiger partial charge is 0.242 e. The third kappa shape index (κ3) is 3.77. The van der Waals surface area contributed by atoms with Crippen LogP contribution in [0.2, 0.25) is 0 Å². The van der Waals surface area contributed by atoms with Gasteiger partial charge in [-0.15, -0.1) is 0 Å². The van der Waals surface area contributed by atoms with E-state index in [1.165, 1.54) is 17.3 Å². The number of nitrogens with one attached hydrogen (secondary N) is 1. The summed E-state index contributed by atoms with van der Waals surface area (Å²) in [4.78, 5) is 8.63. The standard InChI is InChI=1S/C29H37N3O3S/c1-28-12-10-25-22(24(28)8-7-23(28)19-5-3-13-30-17-19)16-27(26-15-20(33)9-11-29(25,26)2)32-36(34,35)21-6-4-14-31-18-21/h3-7,13-14,17-18,20,22,24-27,32-33H,8-12,15-16H2,1-2H3/t20-,22-,24-,25-,26+,27+,28+,29+/m0/s1. The van der Waals surface area contributed by atoms with Gasteiger partial charge < -0.3 is 5.11 Å². The minimum Gasteiger partial charge on any atom is -0.393 e. The van der Waals surface area contributed by atoms with E-state index in [1.807, 2.05) is 18.5 Å². The molecule has 7 heteroatoms. The van der Waals surface area contributed by atoms with Gasteiger partial charge in [0, 0.05) is 30.8 Å². The molecule has 0 aliphatic heterocycles. The molecule has 0 radical (unpaired) electrons. The van der Waals surface area contributed by atoms with Gasteiger partial charge in [-0.25, -0.2) is 13.1 Å². The average Bonchev–Trinajstić information content (AvgIpc) is 3.23. The van der Waals surface area contributed by atoms with Crippen LogP contribution in [0.1, 0.15) is 64.4 Å². The second-order valence-corrected chi connectivity index (χ2v) is 13.8. The monoisotopic (exact) mass is 507 g/mol. The van der Waals surface area contributed by atoms with E-state index < -0.39 is 10.0 Å². The lowest BCUT2D eigenvalue weighted by Crippen LogP contribution is -2.61. The van der Waals surface area contributed by atoms with Gasteiger partial charge in [-0.05, 0) is 109 Å². The summed E-state index contributed by atoms with van der Waals surface area (Å²) in [7, 11) is -3.70. The molecule has 4 aliphatic carbocycles. The Morgan fingerprint density at radius 1 is 0.972 bits per heavy atom. The summed E-state index contributed by atoms with van der Waals surface area (Å²) in [5.74, 6) is 1.60. The third-order valence-electron chi connectivity index (χ3n) is 10.5. The molecule has 36 heavy (non-hydrogen) atoms. The van der Waals surface area contributed by atoms with Crippen LogP contribution in [-0.4, -0.2) is 35.6 Å². The van der Waals surface area contributed by atoms with Crippen molar-refractivity contribution in [2.75, 3.05) is 0 Å². The number of hydrogen-bond acceptors (Lipinski definition) is 5. The van der Waals surface area contributed by atoms with Crippen LogP contribution in [0.25, 0.3) is 5.57 Å². The summed E-state index contributed by atoms with van der Waals surface area (Å²) in [6, 6.07) is 7.26. The van der Waals surface area contributed by atoms with Crippen LogP contribution in [-0.2, 0) is 10.0 Å². The molecule has 2 aromatic heterocycles. The Balaban J connectivity index is 1.35. The first-order valence-corrected chi connectivity index (χ1v) is 14.9. The van der Waals surface area contributed by atoms with E-state index in [-0.39, 0.29) is 33.8 Å². The van der Waals surface area contributed by atoms with Crippen molar-refractivity contribution in [3.63, 3.8) is 0 Å². The van der Waals surface area contributed by atoms with Crippen LogP contribution in [0.3, 0.4) is 0 Å². The fourth-order valence-corrected chi connectivity index (χ4v) is 10.0. The van der Waals surface area contributed by atoms with E-state index in [4.69, 9.17) is 0 Å². The topological polar surface area (TPSA) is 92.2 Å². The Bertz CT molecular complexity index is 1250. The molecule has 4 aliphatic rings. The number of allylic oxidation sites excluding steroid dienone is 2. The number of aromatic nitrogens is 2. The second-order valence-electron chi connectivity index (χ2n) is 12.1. The average molecular weight is 508 g/mol. The number of aliphatic hydroxyl groups excluding tert-OH is 1. The van der Waals surface area contributed by atoms with E-state index in [1.54, 1.807) is 18.3 Å². The lowest BCUT2D eigenvalue weighted by molar-refractivity contribution is -0.125. The van der Waals surface area contributed by atoms with Crippen molar-refractivity contribution in [1.29, 1.82) is 0 Å². The quantitative estimate of drug-likeness (QED) is 0.618. The summed E-state index contributed by atoms with van der Waals surface area (Å²) < 4.78 is 30.0. The SMILES string of the molecule is C[C@]12CC[C@H](O)C[C@@H]1[C@H](NS(=O)(=O)c1cccnc1)C[C@@H]1[C@@H]2CC[C@]2(C)C(c3cccnc3)=CC[C@@H]12. The van der Waals surface area contributed by atoms with Crippen LogP contribution >= 0.6 is 0 Å². The highest BCUT2D eigenvalue weighted by Gasteiger charge is 2.61. The number of pyridine rings is 2. The summed E-state index contributed by atoms with van der Waals surface area (Å²) in [6.45, 7) is 4.81. The molecule has 0 aromatic carbocycles. The van der Waals surface area contributed by atoms with E-state index >= 15 is 0 Å². The molecule has 0 amide bonds. The Morgan fingerprint density at radius 2 is 1.75 bits per heavy atom. The molecule has 0 saturated heterocycles. The minimum absolute atomic E-state index is 0.0165. The van der Waals surface area contributed by atoms with Crippen LogP contribution in [0.5, 0.6) is 0 Å². The molecule has 0 spiro atoms. The largest absolute Gasteiger partial charge is 0.393 e. The van der Waals surface area contributed by atoms with Gasteiger partial charge in [0.25, 0.3) is 0 Å². The van der Waals surface area contributed by atoms with Crippen molar-refractivity contribution in [3.05, 3.63) is 60.7 Å². The zero-order valence-corrected chi connectivity index (χ0v) is 22.0. The van der Waals surface area contributed by atoms with Gasteiger partial charge in [0.15, 0.2) is 0 Å². The molecular weight excluding hydrogens is 470 g/mol. The summed E-state index contributed by atoms with van der Waals surface area (Å²) in [5, 5.41) is 10.6. The molecule has 3 saturated carbocycles. The number of rotatable bonds is 4. The Hall–Kier alpha value is -2.09. The lowest BCUT2D eigenvalue weighted by atomic mass is 9.43. The maximum Gasteiger partial charge on any atom is 0.242 e. The maximum atomic E-state index is 13.4. The molecule has 8 atom stereocenters. The number of sulfonamides is 1. The van der Waals surface area contributed by atoms with Gasteiger partial charge in [-0.2, -0.15) is 0 Å². The highest BCUT2D eigenvalue weighted by molar-refractivity contribution is 7.89. The van der Waals surface area contributed by atoms with Crippen molar-refractivity contribution < 1.29 is 13.5 Å². The lowest BCUT2D eigenvalue weighted by Gasteiger charge is -2.62. The van der Waals surface area contributed by atoms with Crippen molar-refractivity contribution >= 4 is 15.6 Å². The number of nitrogens with zero attached hydrogens (tertiary/aromatic N) is 2. The van der Waals surface area contributed by atoms with Gasteiger partial charge >= 0.3 is 0 Å².